The molecule has 0 spiro atoms. The van der Waals surface area contributed by atoms with Crippen LogP contribution in [0.4, 0.5) is 5.69 Å². The molecule has 0 aromatic heterocycles. The van der Waals surface area contributed by atoms with Gasteiger partial charge in [-0.1, -0.05) is 13.0 Å². The Balaban J connectivity index is 2.39. The number of hydrogen-bond acceptors (Lipinski definition) is 2. The molecule has 3 heteroatoms. The van der Waals surface area contributed by atoms with Gasteiger partial charge in [-0.25, -0.2) is 0 Å². The summed E-state index contributed by atoms with van der Waals surface area (Å²) in [6.45, 7) is 4.30. The first-order valence-electron chi connectivity index (χ1n) is 4.98. The Kier molecular flexibility index (Phi) is 4.98. The molecule has 0 aliphatic heterocycles. The number of nitrogens with two attached hydrogens (primary N) is 1. The number of benzene rings is 1. The van der Waals surface area contributed by atoms with Crippen molar-refractivity contribution in [3.63, 3.8) is 0 Å². The van der Waals surface area contributed by atoms with Crippen molar-refractivity contribution in [1.29, 1.82) is 0 Å². The molecular formula is C11H17BrN2. The summed E-state index contributed by atoms with van der Waals surface area (Å²) >= 11 is 3.42. The zero-order valence-electron chi connectivity index (χ0n) is 8.52. The summed E-state index contributed by atoms with van der Waals surface area (Å²) in [6, 6.07) is 6.11. The van der Waals surface area contributed by atoms with Crippen LogP contribution >= 0.6 is 15.9 Å². The second-order valence-corrected chi connectivity index (χ2v) is 4.21. The molecule has 0 saturated heterocycles. The second kappa shape index (κ2) is 6.04. The monoisotopic (exact) mass is 256 g/mol. The van der Waals surface area contributed by atoms with Crippen molar-refractivity contribution in [2.24, 2.45) is 0 Å². The van der Waals surface area contributed by atoms with Crippen LogP contribution in [0.1, 0.15) is 18.9 Å². The highest BCUT2D eigenvalue weighted by Gasteiger charge is 1.97. The van der Waals surface area contributed by atoms with Crippen molar-refractivity contribution >= 4 is 21.6 Å². The Hall–Kier alpha value is -0.540. The van der Waals surface area contributed by atoms with Crippen LogP contribution in [0.15, 0.2) is 22.7 Å². The molecule has 0 fully saturated rings. The zero-order valence-corrected chi connectivity index (χ0v) is 10.1. The minimum atomic E-state index is 0.801. The van der Waals surface area contributed by atoms with Gasteiger partial charge in [0.25, 0.3) is 0 Å². The van der Waals surface area contributed by atoms with Crippen LogP contribution in [0.2, 0.25) is 0 Å². The van der Waals surface area contributed by atoms with Crippen molar-refractivity contribution in [2.75, 3.05) is 18.8 Å². The maximum absolute atomic E-state index is 5.70. The lowest BCUT2D eigenvalue weighted by atomic mass is 10.1. The zero-order chi connectivity index (χ0) is 10.4. The van der Waals surface area contributed by atoms with Gasteiger partial charge in [-0.15, -0.1) is 0 Å². The highest BCUT2D eigenvalue weighted by Crippen LogP contribution is 2.20. The third-order valence-corrected chi connectivity index (χ3v) is 2.77. The molecule has 0 atom stereocenters. The minimum Gasteiger partial charge on any atom is -0.398 e. The topological polar surface area (TPSA) is 38.0 Å². The van der Waals surface area contributed by atoms with E-state index in [4.69, 9.17) is 5.73 Å². The van der Waals surface area contributed by atoms with Crippen molar-refractivity contribution in [2.45, 2.75) is 19.8 Å². The molecule has 78 valence electrons. The molecule has 0 aliphatic rings. The number of anilines is 1. The molecule has 0 bridgehead atoms. The Morgan fingerprint density at radius 1 is 1.36 bits per heavy atom. The first kappa shape index (κ1) is 11.5. The van der Waals surface area contributed by atoms with Gasteiger partial charge in [0.2, 0.25) is 0 Å². The summed E-state index contributed by atoms with van der Waals surface area (Å²) in [4.78, 5) is 0. The normalized spacial score (nSPS) is 10.4. The highest BCUT2D eigenvalue weighted by atomic mass is 79.9. The van der Waals surface area contributed by atoms with Gasteiger partial charge in [0.05, 0.1) is 0 Å². The summed E-state index contributed by atoms with van der Waals surface area (Å²) < 4.78 is 0.991. The fraction of sp³-hybridized carbons (Fsp3) is 0.455. The van der Waals surface area contributed by atoms with E-state index in [1.54, 1.807) is 0 Å². The molecular weight excluding hydrogens is 240 g/mol. The van der Waals surface area contributed by atoms with E-state index in [9.17, 15) is 0 Å². The molecule has 1 aromatic rings. The van der Waals surface area contributed by atoms with Crippen LogP contribution < -0.4 is 11.1 Å². The predicted molar refractivity (Wildman–Crippen MR) is 65.4 cm³/mol. The molecule has 3 N–H and O–H groups in total. The first-order valence-corrected chi connectivity index (χ1v) is 5.78. The molecule has 14 heavy (non-hydrogen) atoms. The van der Waals surface area contributed by atoms with Crippen LogP contribution in [0.3, 0.4) is 0 Å². The molecule has 2 nitrogen and oxygen atoms in total. The van der Waals surface area contributed by atoms with Crippen LogP contribution in [-0.2, 0) is 6.42 Å². The van der Waals surface area contributed by atoms with Crippen LogP contribution in [0, 0.1) is 0 Å². The summed E-state index contributed by atoms with van der Waals surface area (Å²) in [5.41, 5.74) is 7.82. The van der Waals surface area contributed by atoms with Crippen LogP contribution in [0.25, 0.3) is 0 Å². The molecule has 0 saturated carbocycles. The summed E-state index contributed by atoms with van der Waals surface area (Å²) in [6.07, 6.45) is 2.24. The average Bonchev–Trinajstić information content (AvgIpc) is 2.18. The lowest BCUT2D eigenvalue weighted by Gasteiger charge is -2.05. The fourth-order valence-electron chi connectivity index (χ4n) is 1.26. The van der Waals surface area contributed by atoms with Gasteiger partial charge in [-0.05, 0) is 59.6 Å². The van der Waals surface area contributed by atoms with Crippen molar-refractivity contribution < 1.29 is 0 Å². The molecule has 0 radical (unpaired) electrons. The highest BCUT2D eigenvalue weighted by molar-refractivity contribution is 9.10. The van der Waals surface area contributed by atoms with Crippen molar-refractivity contribution in [3.05, 3.63) is 28.2 Å². The van der Waals surface area contributed by atoms with Gasteiger partial charge in [0.1, 0.15) is 0 Å². The maximum Gasteiger partial charge on any atom is 0.0458 e. The Morgan fingerprint density at radius 2 is 2.14 bits per heavy atom. The number of hydrogen-bond donors (Lipinski definition) is 2. The third kappa shape index (κ3) is 3.68. The SMILES string of the molecule is CCCNCCc1ccc(N)c(Br)c1. The molecule has 1 aromatic carbocycles. The molecule has 0 heterocycles. The first-order chi connectivity index (χ1) is 6.74. The van der Waals surface area contributed by atoms with E-state index in [-0.39, 0.29) is 0 Å². The van der Waals surface area contributed by atoms with Gasteiger partial charge >= 0.3 is 0 Å². The summed E-state index contributed by atoms with van der Waals surface area (Å²) in [5, 5.41) is 3.37. The van der Waals surface area contributed by atoms with Crippen LogP contribution in [-0.4, -0.2) is 13.1 Å². The van der Waals surface area contributed by atoms with E-state index in [0.717, 1.165) is 29.7 Å². The van der Waals surface area contributed by atoms with E-state index in [0.29, 0.717) is 0 Å². The Morgan fingerprint density at radius 3 is 2.79 bits per heavy atom. The van der Waals surface area contributed by atoms with Crippen molar-refractivity contribution in [1.82, 2.24) is 5.32 Å². The summed E-state index contributed by atoms with van der Waals surface area (Å²) in [7, 11) is 0. The van der Waals surface area contributed by atoms with E-state index in [2.05, 4.69) is 40.3 Å². The third-order valence-electron chi connectivity index (χ3n) is 2.08. The van der Waals surface area contributed by atoms with E-state index in [1.807, 2.05) is 6.07 Å². The number of rotatable bonds is 5. The van der Waals surface area contributed by atoms with Gasteiger partial charge in [-0.3, -0.25) is 0 Å². The Labute approximate surface area is 94.0 Å². The molecule has 0 aliphatic carbocycles. The lowest BCUT2D eigenvalue weighted by molar-refractivity contribution is 0.671. The minimum absolute atomic E-state index is 0.801. The largest absolute Gasteiger partial charge is 0.398 e. The second-order valence-electron chi connectivity index (χ2n) is 3.36. The standard InChI is InChI=1S/C11H17BrN2/c1-2-6-14-7-5-9-3-4-11(13)10(12)8-9/h3-4,8,14H,2,5-7,13H2,1H3. The fourth-order valence-corrected chi connectivity index (χ4v) is 1.69. The smallest absolute Gasteiger partial charge is 0.0458 e. The number of halogens is 1. The van der Waals surface area contributed by atoms with Gasteiger partial charge in [-0.2, -0.15) is 0 Å². The van der Waals surface area contributed by atoms with Crippen LogP contribution in [0.5, 0.6) is 0 Å². The van der Waals surface area contributed by atoms with Gasteiger partial charge < -0.3 is 11.1 Å². The maximum atomic E-state index is 5.70. The van der Waals surface area contributed by atoms with E-state index in [1.165, 1.54) is 12.0 Å². The molecule has 0 unspecified atom stereocenters. The quantitative estimate of drug-likeness (QED) is 0.628. The molecule has 0 amide bonds. The summed E-state index contributed by atoms with van der Waals surface area (Å²) in [5.74, 6) is 0. The van der Waals surface area contributed by atoms with E-state index >= 15 is 0 Å². The predicted octanol–water partition coefficient (Wildman–Crippen LogP) is 2.57. The lowest BCUT2D eigenvalue weighted by Crippen LogP contribution is -2.17. The molecule has 1 rings (SSSR count). The van der Waals surface area contributed by atoms with Gasteiger partial charge in [0.15, 0.2) is 0 Å². The number of nitrogen functional groups attached to an aromatic ring is 1. The van der Waals surface area contributed by atoms with Crippen molar-refractivity contribution in [3.8, 4) is 0 Å². The van der Waals surface area contributed by atoms with Gasteiger partial charge in [0, 0.05) is 10.2 Å². The van der Waals surface area contributed by atoms with E-state index < -0.39 is 0 Å². The average molecular weight is 257 g/mol. The Bertz CT molecular complexity index is 287. The number of nitrogens with one attached hydrogen (secondary N) is 1.